The molecule has 4 rings (SSSR count). The fourth-order valence-electron chi connectivity index (χ4n) is 4.41. The number of thiophene rings is 1. The topological polar surface area (TPSA) is 23.5 Å². The zero-order chi connectivity index (χ0) is 17.5. The number of aliphatic hydroxyl groups is 1. The Bertz CT molecular complexity index is 860. The van der Waals surface area contributed by atoms with Crippen molar-refractivity contribution >= 4 is 21.4 Å². The molecule has 0 amide bonds. The predicted octanol–water partition coefficient (Wildman–Crippen LogP) is 5.12. The molecule has 25 heavy (non-hydrogen) atoms. The number of nitrogens with zero attached hydrogens (tertiary/aromatic N) is 1. The Hall–Kier alpha value is -1.68. The van der Waals surface area contributed by atoms with Gasteiger partial charge in [0, 0.05) is 10.2 Å². The highest BCUT2D eigenvalue weighted by atomic mass is 32.1. The minimum atomic E-state index is -0.702. The summed E-state index contributed by atoms with van der Waals surface area (Å²) in [4.78, 5) is 2.37. The molecule has 2 nitrogen and oxygen atoms in total. The van der Waals surface area contributed by atoms with Crippen molar-refractivity contribution in [3.05, 3.63) is 71.1 Å². The summed E-state index contributed by atoms with van der Waals surface area (Å²) in [6.07, 6.45) is 3.51. The first-order valence-corrected chi connectivity index (χ1v) is 9.85. The fraction of sp³-hybridized carbons (Fsp3) is 0.364. The van der Waals surface area contributed by atoms with Gasteiger partial charge in [-0.2, -0.15) is 0 Å². The second-order valence-electron chi connectivity index (χ2n) is 7.47. The molecule has 1 fully saturated rings. The monoisotopic (exact) mass is 351 g/mol. The molecule has 1 aliphatic carbocycles. The number of benzene rings is 2. The summed E-state index contributed by atoms with van der Waals surface area (Å²) in [5.74, 6) is 0. The minimum absolute atomic E-state index is 0.000609. The Balaban J connectivity index is 1.71. The maximum atomic E-state index is 11.3. The average molecular weight is 352 g/mol. The van der Waals surface area contributed by atoms with Gasteiger partial charge in [-0.15, -0.1) is 11.3 Å². The molecule has 1 aromatic heterocycles. The van der Waals surface area contributed by atoms with Gasteiger partial charge in [-0.05, 0) is 67.7 Å². The standard InChI is InChI=1S/C22H25NOS/c1-23(2)21(19-16-25-20-11-7-6-10-18(19)20)12-14-22(24,15-13-21)17-8-4-3-5-9-17/h3-11,16,24H,12-15H2,1-2H3. The second-order valence-corrected chi connectivity index (χ2v) is 8.38. The van der Waals surface area contributed by atoms with Crippen molar-refractivity contribution < 1.29 is 5.11 Å². The predicted molar refractivity (Wildman–Crippen MR) is 106 cm³/mol. The van der Waals surface area contributed by atoms with E-state index in [1.807, 2.05) is 29.5 Å². The molecule has 1 N–H and O–H groups in total. The first kappa shape index (κ1) is 16.8. The van der Waals surface area contributed by atoms with E-state index in [-0.39, 0.29) is 5.54 Å². The van der Waals surface area contributed by atoms with E-state index in [1.165, 1.54) is 15.6 Å². The smallest absolute Gasteiger partial charge is 0.0898 e. The molecule has 0 saturated heterocycles. The molecular weight excluding hydrogens is 326 g/mol. The van der Waals surface area contributed by atoms with Crippen LogP contribution in [0.3, 0.4) is 0 Å². The van der Waals surface area contributed by atoms with Gasteiger partial charge in [0.25, 0.3) is 0 Å². The molecule has 3 aromatic rings. The van der Waals surface area contributed by atoms with Gasteiger partial charge in [0.2, 0.25) is 0 Å². The highest BCUT2D eigenvalue weighted by Gasteiger charge is 2.45. The summed E-state index contributed by atoms with van der Waals surface area (Å²) in [6.45, 7) is 0. The molecule has 0 bridgehead atoms. The molecule has 130 valence electrons. The lowest BCUT2D eigenvalue weighted by Gasteiger charge is -2.48. The molecule has 0 aliphatic heterocycles. The molecule has 1 heterocycles. The zero-order valence-corrected chi connectivity index (χ0v) is 15.7. The lowest BCUT2D eigenvalue weighted by atomic mass is 9.68. The van der Waals surface area contributed by atoms with E-state index < -0.39 is 5.60 Å². The summed E-state index contributed by atoms with van der Waals surface area (Å²) in [5.41, 5.74) is 1.78. The molecule has 1 saturated carbocycles. The molecular formula is C22H25NOS. The third-order valence-electron chi connectivity index (χ3n) is 6.05. The van der Waals surface area contributed by atoms with Crippen molar-refractivity contribution in [3.63, 3.8) is 0 Å². The number of hydrogen-bond acceptors (Lipinski definition) is 3. The summed E-state index contributed by atoms with van der Waals surface area (Å²) >= 11 is 1.83. The van der Waals surface area contributed by atoms with E-state index >= 15 is 0 Å². The van der Waals surface area contributed by atoms with E-state index in [0.717, 1.165) is 31.2 Å². The van der Waals surface area contributed by atoms with Gasteiger partial charge in [-0.1, -0.05) is 48.5 Å². The van der Waals surface area contributed by atoms with Crippen LogP contribution in [0.15, 0.2) is 60.0 Å². The minimum Gasteiger partial charge on any atom is -0.385 e. The van der Waals surface area contributed by atoms with E-state index in [9.17, 15) is 5.11 Å². The van der Waals surface area contributed by atoms with Crippen LogP contribution in [0.5, 0.6) is 0 Å². The van der Waals surface area contributed by atoms with E-state index in [1.54, 1.807) is 0 Å². The summed E-state index contributed by atoms with van der Waals surface area (Å²) in [7, 11) is 4.36. The largest absolute Gasteiger partial charge is 0.385 e. The van der Waals surface area contributed by atoms with E-state index in [4.69, 9.17) is 0 Å². The quantitative estimate of drug-likeness (QED) is 0.708. The third-order valence-corrected chi connectivity index (χ3v) is 7.02. The van der Waals surface area contributed by atoms with E-state index in [0.29, 0.717) is 0 Å². The number of hydrogen-bond donors (Lipinski definition) is 1. The van der Waals surface area contributed by atoms with Gasteiger partial charge in [0.15, 0.2) is 0 Å². The van der Waals surface area contributed by atoms with Crippen molar-refractivity contribution in [2.45, 2.75) is 36.8 Å². The molecule has 0 radical (unpaired) electrons. The van der Waals surface area contributed by atoms with Crippen LogP contribution in [0.25, 0.3) is 10.1 Å². The molecule has 1 aliphatic rings. The summed E-state index contributed by atoms with van der Waals surface area (Å²) < 4.78 is 1.35. The highest BCUT2D eigenvalue weighted by molar-refractivity contribution is 7.17. The van der Waals surface area contributed by atoms with Crippen LogP contribution < -0.4 is 0 Å². The van der Waals surface area contributed by atoms with Crippen LogP contribution >= 0.6 is 11.3 Å². The Morgan fingerprint density at radius 1 is 0.880 bits per heavy atom. The highest BCUT2D eigenvalue weighted by Crippen LogP contribution is 2.50. The zero-order valence-electron chi connectivity index (χ0n) is 14.9. The van der Waals surface area contributed by atoms with Crippen molar-refractivity contribution in [1.82, 2.24) is 4.90 Å². The van der Waals surface area contributed by atoms with Gasteiger partial charge < -0.3 is 5.11 Å². The lowest BCUT2D eigenvalue weighted by molar-refractivity contribution is -0.0503. The number of rotatable bonds is 3. The Kier molecular flexibility index (Phi) is 4.19. The van der Waals surface area contributed by atoms with Crippen molar-refractivity contribution in [2.75, 3.05) is 14.1 Å². The van der Waals surface area contributed by atoms with Crippen LogP contribution in [-0.2, 0) is 11.1 Å². The Labute approximate surface area is 153 Å². The van der Waals surface area contributed by atoms with Crippen LogP contribution in [0.4, 0.5) is 0 Å². The van der Waals surface area contributed by atoms with Crippen molar-refractivity contribution in [2.24, 2.45) is 0 Å². The van der Waals surface area contributed by atoms with Gasteiger partial charge in [0.1, 0.15) is 0 Å². The maximum Gasteiger partial charge on any atom is 0.0898 e. The lowest BCUT2D eigenvalue weighted by Crippen LogP contribution is -2.47. The summed E-state index contributed by atoms with van der Waals surface area (Å²) in [6, 6.07) is 18.9. The molecule has 0 spiro atoms. The third kappa shape index (κ3) is 2.71. The molecule has 3 heteroatoms. The average Bonchev–Trinajstić information content (AvgIpc) is 3.08. The fourth-order valence-corrected chi connectivity index (χ4v) is 5.46. The normalized spacial score (nSPS) is 27.0. The molecule has 2 aromatic carbocycles. The SMILES string of the molecule is CN(C)C1(c2csc3ccccc23)CCC(O)(c2ccccc2)CC1. The van der Waals surface area contributed by atoms with E-state index in [2.05, 4.69) is 60.8 Å². The van der Waals surface area contributed by atoms with Crippen LogP contribution in [0, 0.1) is 0 Å². The van der Waals surface area contributed by atoms with Crippen molar-refractivity contribution in [1.29, 1.82) is 0 Å². The molecule has 0 atom stereocenters. The van der Waals surface area contributed by atoms with Gasteiger partial charge in [-0.3, -0.25) is 4.90 Å². The van der Waals surface area contributed by atoms with Gasteiger partial charge in [-0.25, -0.2) is 0 Å². The Morgan fingerprint density at radius 2 is 1.52 bits per heavy atom. The molecule has 0 unspecified atom stereocenters. The van der Waals surface area contributed by atoms with Gasteiger partial charge >= 0.3 is 0 Å². The number of fused-ring (bicyclic) bond motifs is 1. The maximum absolute atomic E-state index is 11.3. The van der Waals surface area contributed by atoms with Crippen molar-refractivity contribution in [3.8, 4) is 0 Å². The Morgan fingerprint density at radius 3 is 2.20 bits per heavy atom. The first-order valence-electron chi connectivity index (χ1n) is 8.97. The second kappa shape index (κ2) is 6.24. The van der Waals surface area contributed by atoms with Crippen LogP contribution in [0.1, 0.15) is 36.8 Å². The van der Waals surface area contributed by atoms with Gasteiger partial charge in [0.05, 0.1) is 5.60 Å². The van der Waals surface area contributed by atoms with Crippen LogP contribution in [0.2, 0.25) is 0 Å². The summed E-state index contributed by atoms with van der Waals surface area (Å²) in [5, 5.41) is 14.9. The van der Waals surface area contributed by atoms with Crippen LogP contribution in [-0.4, -0.2) is 24.1 Å². The first-order chi connectivity index (χ1) is 12.1.